The summed E-state index contributed by atoms with van der Waals surface area (Å²) in [4.78, 5) is 11.5. The number of carbonyl (C=O) groups excluding carboxylic acids is 1. The molecule has 10 nitrogen and oxygen atoms in total. The number of rotatable bonds is 5. The van der Waals surface area contributed by atoms with Crippen molar-refractivity contribution in [2.24, 2.45) is 5.73 Å². The van der Waals surface area contributed by atoms with E-state index in [1.165, 1.54) is 4.68 Å². The average Bonchev–Trinajstić information content (AvgIpc) is 2.97. The molecule has 0 saturated carbocycles. The van der Waals surface area contributed by atoms with Gasteiger partial charge in [0, 0.05) is 6.54 Å². The molecule has 0 aliphatic heterocycles. The van der Waals surface area contributed by atoms with Crippen molar-refractivity contribution in [1.82, 2.24) is 40.9 Å². The van der Waals surface area contributed by atoms with E-state index in [9.17, 15) is 4.79 Å². The summed E-state index contributed by atoms with van der Waals surface area (Å²) in [6.45, 7) is 0.586. The lowest BCUT2D eigenvalue weighted by molar-refractivity contribution is -0.122. The maximum Gasteiger partial charge on any atom is 0.242 e. The molecule has 2 rings (SSSR count). The quantitative estimate of drug-likeness (QED) is 0.525. The normalized spacial score (nSPS) is 10.4. The molecular formula is C7H11N9O. The minimum absolute atomic E-state index is 0.0743. The van der Waals surface area contributed by atoms with Gasteiger partial charge in [-0.15, -0.1) is 15.3 Å². The summed E-state index contributed by atoms with van der Waals surface area (Å²) in [7, 11) is 0. The van der Waals surface area contributed by atoms with Crippen molar-refractivity contribution in [3.63, 3.8) is 0 Å². The highest BCUT2D eigenvalue weighted by atomic mass is 16.2. The molecule has 2 aromatic rings. The number of amides is 1. The first-order valence-corrected chi connectivity index (χ1v) is 4.86. The predicted octanol–water partition coefficient (Wildman–Crippen LogP) is -2.43. The van der Waals surface area contributed by atoms with Crippen molar-refractivity contribution < 1.29 is 4.79 Å². The molecule has 0 spiro atoms. The van der Waals surface area contributed by atoms with E-state index in [0.717, 1.165) is 0 Å². The number of nitrogens with zero attached hydrogens (tertiary/aromatic N) is 6. The maximum atomic E-state index is 11.5. The second kappa shape index (κ2) is 5.12. The second-order valence-corrected chi connectivity index (χ2v) is 3.22. The zero-order valence-corrected chi connectivity index (χ0v) is 8.87. The summed E-state index contributed by atoms with van der Waals surface area (Å²) in [5.74, 6) is 0.197. The van der Waals surface area contributed by atoms with Gasteiger partial charge in [0.25, 0.3) is 0 Å². The first-order valence-electron chi connectivity index (χ1n) is 4.86. The summed E-state index contributed by atoms with van der Waals surface area (Å²) >= 11 is 0. The molecule has 0 unspecified atom stereocenters. The molecular weight excluding hydrogens is 226 g/mol. The summed E-state index contributed by atoms with van der Waals surface area (Å²) < 4.78 is 1.41. The van der Waals surface area contributed by atoms with E-state index >= 15 is 0 Å². The van der Waals surface area contributed by atoms with Gasteiger partial charge >= 0.3 is 0 Å². The summed E-state index contributed by atoms with van der Waals surface area (Å²) in [5.41, 5.74) is 6.01. The fourth-order valence-corrected chi connectivity index (χ4v) is 1.15. The number of nitrogens with two attached hydrogens (primary N) is 1. The highest BCUT2D eigenvalue weighted by Crippen LogP contribution is 1.91. The van der Waals surface area contributed by atoms with Crippen LogP contribution in [-0.2, 0) is 24.4 Å². The van der Waals surface area contributed by atoms with Gasteiger partial charge in [0.2, 0.25) is 5.91 Å². The smallest absolute Gasteiger partial charge is 0.242 e. The number of hydrogen-bond acceptors (Lipinski definition) is 7. The van der Waals surface area contributed by atoms with Crippen molar-refractivity contribution in [3.8, 4) is 0 Å². The number of hydrogen-bond donors (Lipinski definition) is 3. The van der Waals surface area contributed by atoms with Crippen LogP contribution >= 0.6 is 0 Å². The number of tetrazole rings is 1. The van der Waals surface area contributed by atoms with Crippen LogP contribution in [0, 0.1) is 0 Å². The Morgan fingerprint density at radius 2 is 2.41 bits per heavy atom. The van der Waals surface area contributed by atoms with E-state index in [1.807, 2.05) is 0 Å². The Labute approximate surface area is 95.6 Å². The van der Waals surface area contributed by atoms with E-state index in [4.69, 9.17) is 5.73 Å². The van der Waals surface area contributed by atoms with Gasteiger partial charge in [-0.05, 0) is 0 Å². The number of aromatic amines is 1. The fourth-order valence-electron chi connectivity index (χ4n) is 1.15. The monoisotopic (exact) mass is 237 g/mol. The predicted molar refractivity (Wildman–Crippen MR) is 53.9 cm³/mol. The minimum Gasteiger partial charge on any atom is -0.347 e. The van der Waals surface area contributed by atoms with Gasteiger partial charge in [-0.1, -0.05) is 10.4 Å². The lowest BCUT2D eigenvalue weighted by Crippen LogP contribution is -2.27. The summed E-state index contributed by atoms with van der Waals surface area (Å²) in [6.07, 6.45) is 1.62. The molecule has 0 fully saturated rings. The Bertz CT molecular complexity index is 475. The largest absolute Gasteiger partial charge is 0.347 e. The van der Waals surface area contributed by atoms with Crippen molar-refractivity contribution in [2.45, 2.75) is 19.6 Å². The molecule has 17 heavy (non-hydrogen) atoms. The maximum absolute atomic E-state index is 11.5. The highest BCUT2D eigenvalue weighted by molar-refractivity contribution is 5.75. The molecule has 4 N–H and O–H groups in total. The topological polar surface area (TPSA) is 140 Å². The van der Waals surface area contributed by atoms with Gasteiger partial charge in [0.15, 0.2) is 5.82 Å². The van der Waals surface area contributed by atoms with Crippen LogP contribution in [0.3, 0.4) is 0 Å². The van der Waals surface area contributed by atoms with Crippen molar-refractivity contribution in [3.05, 3.63) is 17.7 Å². The number of carbonyl (C=O) groups is 1. The number of aromatic nitrogens is 7. The lowest BCUT2D eigenvalue weighted by Gasteiger charge is -2.01. The van der Waals surface area contributed by atoms with Gasteiger partial charge in [-0.3, -0.25) is 4.79 Å². The second-order valence-electron chi connectivity index (χ2n) is 3.22. The Kier molecular flexibility index (Phi) is 3.35. The van der Waals surface area contributed by atoms with Crippen LogP contribution in [0.1, 0.15) is 11.5 Å². The first-order chi connectivity index (χ1) is 8.28. The van der Waals surface area contributed by atoms with Gasteiger partial charge < -0.3 is 11.1 Å². The fraction of sp³-hybridized carbons (Fsp3) is 0.429. The molecule has 0 atom stereocenters. The summed E-state index contributed by atoms with van der Waals surface area (Å²) in [6, 6.07) is 0. The minimum atomic E-state index is -0.219. The molecule has 0 radical (unpaired) electrons. The third kappa shape index (κ3) is 3.04. The van der Waals surface area contributed by atoms with Crippen molar-refractivity contribution >= 4 is 5.91 Å². The zero-order chi connectivity index (χ0) is 12.1. The van der Waals surface area contributed by atoms with Crippen LogP contribution in [0.4, 0.5) is 0 Å². The zero-order valence-electron chi connectivity index (χ0n) is 8.87. The molecule has 10 heteroatoms. The van der Waals surface area contributed by atoms with E-state index in [0.29, 0.717) is 18.1 Å². The number of H-pyrrole nitrogens is 1. The van der Waals surface area contributed by atoms with Crippen LogP contribution < -0.4 is 11.1 Å². The Hall–Kier alpha value is -2.36. The van der Waals surface area contributed by atoms with Gasteiger partial charge in [-0.25, -0.2) is 4.68 Å². The van der Waals surface area contributed by atoms with E-state index in [-0.39, 0.29) is 19.0 Å². The van der Waals surface area contributed by atoms with E-state index in [2.05, 4.69) is 36.3 Å². The van der Waals surface area contributed by atoms with Crippen LogP contribution in [-0.4, -0.2) is 41.5 Å². The van der Waals surface area contributed by atoms with E-state index in [1.54, 1.807) is 6.20 Å². The van der Waals surface area contributed by atoms with Gasteiger partial charge in [-0.2, -0.15) is 5.21 Å². The third-order valence-electron chi connectivity index (χ3n) is 1.93. The average molecular weight is 237 g/mol. The molecule has 0 aromatic carbocycles. The number of nitrogens with one attached hydrogen (secondary N) is 2. The van der Waals surface area contributed by atoms with Crippen LogP contribution in [0.5, 0.6) is 0 Å². The first kappa shape index (κ1) is 11.1. The standard InChI is InChI=1S/C7H11N9O/c8-1-5-3-16(15-10-5)4-7(17)9-2-6-11-13-14-12-6/h3H,1-2,4,8H2,(H,9,17)(H,11,12,13,14). The Balaban J connectivity index is 1.81. The third-order valence-corrected chi connectivity index (χ3v) is 1.93. The van der Waals surface area contributed by atoms with Crippen molar-refractivity contribution in [1.29, 1.82) is 0 Å². The molecule has 0 aliphatic carbocycles. The molecule has 0 bridgehead atoms. The van der Waals surface area contributed by atoms with Gasteiger partial charge in [0.1, 0.15) is 6.54 Å². The molecule has 1 amide bonds. The molecule has 2 aromatic heterocycles. The Morgan fingerprint density at radius 3 is 3.06 bits per heavy atom. The van der Waals surface area contributed by atoms with Crippen molar-refractivity contribution in [2.75, 3.05) is 0 Å². The Morgan fingerprint density at radius 1 is 1.53 bits per heavy atom. The lowest BCUT2D eigenvalue weighted by atomic mass is 10.5. The van der Waals surface area contributed by atoms with Crippen LogP contribution in [0.25, 0.3) is 0 Å². The highest BCUT2D eigenvalue weighted by Gasteiger charge is 2.06. The van der Waals surface area contributed by atoms with Crippen LogP contribution in [0.15, 0.2) is 6.20 Å². The summed E-state index contributed by atoms with van der Waals surface area (Å²) in [5, 5.41) is 23.2. The van der Waals surface area contributed by atoms with E-state index < -0.39 is 0 Å². The molecule has 0 saturated heterocycles. The molecule has 90 valence electrons. The van der Waals surface area contributed by atoms with Crippen LogP contribution in [0.2, 0.25) is 0 Å². The molecule has 2 heterocycles. The van der Waals surface area contributed by atoms with Gasteiger partial charge in [0.05, 0.1) is 18.4 Å². The SMILES string of the molecule is NCc1cn(CC(=O)NCc2nn[nH]n2)nn1. The molecule has 0 aliphatic rings.